The van der Waals surface area contributed by atoms with Crippen LogP contribution in [0.1, 0.15) is 21.6 Å². The van der Waals surface area contributed by atoms with Crippen LogP contribution in [0.4, 0.5) is 0 Å². The van der Waals surface area contributed by atoms with E-state index in [2.05, 4.69) is 15.2 Å². The fourth-order valence-electron chi connectivity index (χ4n) is 2.86. The zero-order chi connectivity index (χ0) is 18.8. The lowest BCUT2D eigenvalue weighted by atomic mass is 10.0. The molecule has 6 nitrogen and oxygen atoms in total. The molecule has 0 amide bonds. The SMILES string of the molecule is O=C(O)c1cc(-c2ccc(O)cc2)nc2n[nH]c(/C=C/c3ccccc3)c12. The van der Waals surface area contributed by atoms with Gasteiger partial charge in [0.2, 0.25) is 0 Å². The van der Waals surface area contributed by atoms with Crippen LogP contribution in [0, 0.1) is 0 Å². The number of aromatic hydroxyl groups is 1. The van der Waals surface area contributed by atoms with Crippen molar-refractivity contribution in [1.29, 1.82) is 0 Å². The normalized spacial score (nSPS) is 11.3. The molecule has 0 fully saturated rings. The number of nitrogens with one attached hydrogen (secondary N) is 1. The van der Waals surface area contributed by atoms with Crippen molar-refractivity contribution in [3.05, 3.63) is 77.5 Å². The van der Waals surface area contributed by atoms with Crippen molar-refractivity contribution in [3.63, 3.8) is 0 Å². The Labute approximate surface area is 154 Å². The number of hydrogen-bond acceptors (Lipinski definition) is 4. The predicted octanol–water partition coefficient (Wildman–Crippen LogP) is 4.20. The number of benzene rings is 2. The van der Waals surface area contributed by atoms with E-state index in [-0.39, 0.29) is 11.3 Å². The second kappa shape index (κ2) is 6.76. The van der Waals surface area contributed by atoms with Gasteiger partial charge in [-0.2, -0.15) is 5.10 Å². The van der Waals surface area contributed by atoms with E-state index in [1.165, 1.54) is 18.2 Å². The summed E-state index contributed by atoms with van der Waals surface area (Å²) in [5, 5.41) is 26.6. The second-order valence-corrected chi connectivity index (χ2v) is 5.99. The minimum atomic E-state index is -1.06. The van der Waals surface area contributed by atoms with E-state index in [4.69, 9.17) is 0 Å². The number of carboxylic acids is 1. The molecule has 0 atom stereocenters. The summed E-state index contributed by atoms with van der Waals surface area (Å²) in [6.45, 7) is 0. The third-order valence-electron chi connectivity index (χ3n) is 4.19. The standard InChI is InChI=1S/C21H15N3O3/c25-15-9-7-14(8-10-15)18-12-16(21(26)27)19-17(23-24-20(19)22-18)11-6-13-4-2-1-3-5-13/h1-12,25H,(H,26,27)(H,22,23,24)/b11-6+. The average molecular weight is 357 g/mol. The first-order valence-electron chi connectivity index (χ1n) is 8.27. The summed E-state index contributed by atoms with van der Waals surface area (Å²) < 4.78 is 0. The number of carbonyl (C=O) groups is 1. The first-order valence-corrected chi connectivity index (χ1v) is 8.27. The molecule has 0 spiro atoms. The van der Waals surface area contributed by atoms with Crippen LogP contribution in [0.15, 0.2) is 60.7 Å². The van der Waals surface area contributed by atoms with Crippen LogP contribution in [-0.4, -0.2) is 31.4 Å². The highest BCUT2D eigenvalue weighted by Gasteiger charge is 2.17. The second-order valence-electron chi connectivity index (χ2n) is 5.99. The highest BCUT2D eigenvalue weighted by molar-refractivity contribution is 6.06. The van der Waals surface area contributed by atoms with Gasteiger partial charge in [-0.05, 0) is 42.0 Å². The van der Waals surface area contributed by atoms with Crippen molar-refractivity contribution in [2.24, 2.45) is 0 Å². The maximum atomic E-state index is 11.8. The minimum Gasteiger partial charge on any atom is -0.508 e. The number of hydrogen-bond donors (Lipinski definition) is 3. The lowest BCUT2D eigenvalue weighted by molar-refractivity contribution is 0.0699. The number of aromatic amines is 1. The van der Waals surface area contributed by atoms with E-state index in [1.807, 2.05) is 36.4 Å². The van der Waals surface area contributed by atoms with E-state index in [0.717, 1.165) is 5.56 Å². The molecule has 0 saturated carbocycles. The molecular formula is C21H15N3O3. The third kappa shape index (κ3) is 3.28. The predicted molar refractivity (Wildman–Crippen MR) is 103 cm³/mol. The van der Waals surface area contributed by atoms with Crippen molar-refractivity contribution < 1.29 is 15.0 Å². The molecule has 0 saturated heterocycles. The van der Waals surface area contributed by atoms with Crippen molar-refractivity contribution in [2.45, 2.75) is 0 Å². The third-order valence-corrected chi connectivity index (χ3v) is 4.19. The van der Waals surface area contributed by atoms with Gasteiger partial charge in [0, 0.05) is 5.56 Å². The maximum Gasteiger partial charge on any atom is 0.336 e. The van der Waals surface area contributed by atoms with Crippen molar-refractivity contribution >= 4 is 29.2 Å². The maximum absolute atomic E-state index is 11.8. The van der Waals surface area contributed by atoms with Crippen LogP contribution in [0.25, 0.3) is 34.4 Å². The first-order chi connectivity index (χ1) is 13.1. The Morgan fingerprint density at radius 3 is 2.44 bits per heavy atom. The summed E-state index contributed by atoms with van der Waals surface area (Å²) >= 11 is 0. The number of phenols is 1. The zero-order valence-corrected chi connectivity index (χ0v) is 14.1. The molecule has 132 valence electrons. The number of fused-ring (bicyclic) bond motifs is 1. The van der Waals surface area contributed by atoms with Gasteiger partial charge in [-0.1, -0.05) is 36.4 Å². The van der Waals surface area contributed by atoms with Gasteiger partial charge >= 0.3 is 5.97 Å². The van der Waals surface area contributed by atoms with Gasteiger partial charge in [0.25, 0.3) is 0 Å². The molecule has 0 unspecified atom stereocenters. The van der Waals surface area contributed by atoms with Gasteiger partial charge < -0.3 is 10.2 Å². The molecule has 0 aliphatic carbocycles. The summed E-state index contributed by atoms with van der Waals surface area (Å²) in [5.41, 5.74) is 3.18. The van der Waals surface area contributed by atoms with E-state index < -0.39 is 5.97 Å². The van der Waals surface area contributed by atoms with Crippen LogP contribution in [0.3, 0.4) is 0 Å². The van der Waals surface area contributed by atoms with Gasteiger partial charge in [-0.15, -0.1) is 0 Å². The quantitative estimate of drug-likeness (QED) is 0.508. The number of aromatic nitrogens is 3. The largest absolute Gasteiger partial charge is 0.508 e. The monoisotopic (exact) mass is 357 g/mol. The van der Waals surface area contributed by atoms with Crippen molar-refractivity contribution in [1.82, 2.24) is 15.2 Å². The van der Waals surface area contributed by atoms with E-state index >= 15 is 0 Å². The number of H-pyrrole nitrogens is 1. The molecule has 27 heavy (non-hydrogen) atoms. The summed E-state index contributed by atoms with van der Waals surface area (Å²) in [5.74, 6) is -0.926. The van der Waals surface area contributed by atoms with E-state index in [9.17, 15) is 15.0 Å². The van der Waals surface area contributed by atoms with Crippen molar-refractivity contribution in [3.8, 4) is 17.0 Å². The molecule has 3 N–H and O–H groups in total. The lowest BCUT2D eigenvalue weighted by Gasteiger charge is -2.04. The molecule has 4 aromatic rings. The molecular weight excluding hydrogens is 342 g/mol. The lowest BCUT2D eigenvalue weighted by Crippen LogP contribution is -2.00. The van der Waals surface area contributed by atoms with Gasteiger partial charge in [0.05, 0.1) is 22.3 Å². The fourth-order valence-corrected chi connectivity index (χ4v) is 2.86. The van der Waals surface area contributed by atoms with Crippen LogP contribution in [0.5, 0.6) is 5.75 Å². The van der Waals surface area contributed by atoms with Gasteiger partial charge in [-0.25, -0.2) is 9.78 Å². The Morgan fingerprint density at radius 2 is 1.74 bits per heavy atom. The number of carboxylic acid groups (broad SMARTS) is 1. The molecule has 0 bridgehead atoms. The summed E-state index contributed by atoms with van der Waals surface area (Å²) in [7, 11) is 0. The van der Waals surface area contributed by atoms with Crippen LogP contribution in [0.2, 0.25) is 0 Å². The number of pyridine rings is 1. The molecule has 0 aliphatic heterocycles. The Balaban J connectivity index is 1.83. The summed E-state index contributed by atoms with van der Waals surface area (Å²) in [6, 6.07) is 17.6. The Hall–Kier alpha value is -3.93. The molecule has 0 aliphatic rings. The number of rotatable bonds is 4. The molecule has 2 heterocycles. The van der Waals surface area contributed by atoms with Crippen LogP contribution >= 0.6 is 0 Å². The summed E-state index contributed by atoms with van der Waals surface area (Å²) in [4.78, 5) is 16.3. The fraction of sp³-hybridized carbons (Fsp3) is 0. The van der Waals surface area contributed by atoms with E-state index in [1.54, 1.807) is 18.2 Å². The van der Waals surface area contributed by atoms with Crippen LogP contribution < -0.4 is 0 Å². The average Bonchev–Trinajstić information content (AvgIpc) is 3.10. The molecule has 6 heteroatoms. The van der Waals surface area contributed by atoms with Gasteiger partial charge in [-0.3, -0.25) is 5.10 Å². The number of aromatic carboxylic acids is 1. The Kier molecular flexibility index (Phi) is 4.14. The van der Waals surface area contributed by atoms with Crippen LogP contribution in [-0.2, 0) is 0 Å². The molecule has 4 rings (SSSR count). The number of phenolic OH excluding ortho intramolecular Hbond substituents is 1. The molecule has 2 aromatic carbocycles. The smallest absolute Gasteiger partial charge is 0.336 e. The minimum absolute atomic E-state index is 0.115. The van der Waals surface area contributed by atoms with Crippen molar-refractivity contribution in [2.75, 3.05) is 0 Å². The Morgan fingerprint density at radius 1 is 1.00 bits per heavy atom. The highest BCUT2D eigenvalue weighted by Crippen LogP contribution is 2.28. The summed E-state index contributed by atoms with van der Waals surface area (Å²) in [6.07, 6.45) is 3.67. The Bertz CT molecular complexity index is 1150. The zero-order valence-electron chi connectivity index (χ0n) is 14.1. The first kappa shape index (κ1) is 16.5. The molecule has 2 aromatic heterocycles. The van der Waals surface area contributed by atoms with Gasteiger partial charge in [0.15, 0.2) is 5.65 Å². The topological polar surface area (TPSA) is 99.1 Å². The van der Waals surface area contributed by atoms with E-state index in [0.29, 0.717) is 28.0 Å². The number of nitrogens with zero attached hydrogens (tertiary/aromatic N) is 2. The molecule has 0 radical (unpaired) electrons. The van der Waals surface area contributed by atoms with Gasteiger partial charge in [0.1, 0.15) is 5.75 Å². The highest BCUT2D eigenvalue weighted by atomic mass is 16.4.